The molecule has 480 valence electrons. The molecule has 0 aromatic carbocycles. The molecule has 0 aromatic heterocycles. The van der Waals surface area contributed by atoms with Crippen LogP contribution in [0.3, 0.4) is 0 Å². The Morgan fingerprint density at radius 3 is 0.747 bits per heavy atom. The van der Waals surface area contributed by atoms with E-state index in [1.165, 1.54) is 205 Å². The van der Waals surface area contributed by atoms with Crippen LogP contribution in [-0.2, 0) is 28.6 Å². The molecule has 6 heteroatoms. The van der Waals surface area contributed by atoms with Crippen LogP contribution in [0.5, 0.6) is 0 Å². The second-order valence-corrected chi connectivity index (χ2v) is 24.1. The summed E-state index contributed by atoms with van der Waals surface area (Å²) in [6.07, 6.45) is 94.8. The first-order chi connectivity index (χ1) is 41.0. The average Bonchev–Trinajstić information content (AvgIpc) is 3.49. The molecule has 0 rings (SSSR count). The molecule has 6 nitrogen and oxygen atoms in total. The summed E-state index contributed by atoms with van der Waals surface area (Å²) in [6.45, 7) is 6.54. The van der Waals surface area contributed by atoms with Crippen LogP contribution >= 0.6 is 0 Å². The van der Waals surface area contributed by atoms with Crippen molar-refractivity contribution in [1.82, 2.24) is 0 Å². The van der Waals surface area contributed by atoms with Crippen molar-refractivity contribution in [3.8, 4) is 0 Å². The molecule has 0 amide bonds. The number of hydrogen-bond donors (Lipinski definition) is 0. The molecule has 0 bridgehead atoms. The predicted molar refractivity (Wildman–Crippen MR) is 362 cm³/mol. The molecule has 1 atom stereocenters. The van der Waals surface area contributed by atoms with E-state index in [2.05, 4.69) is 106 Å². The summed E-state index contributed by atoms with van der Waals surface area (Å²) < 4.78 is 17.0. The van der Waals surface area contributed by atoms with Crippen LogP contribution in [0.15, 0.2) is 85.1 Å². The minimum absolute atomic E-state index is 0.0853. The molecule has 0 fully saturated rings. The Labute approximate surface area is 515 Å². The number of esters is 3. The molecule has 0 aliphatic heterocycles. The van der Waals surface area contributed by atoms with Crippen LogP contribution in [0.2, 0.25) is 0 Å². The van der Waals surface area contributed by atoms with E-state index in [4.69, 9.17) is 14.2 Å². The van der Waals surface area contributed by atoms with Gasteiger partial charge in [-0.2, -0.15) is 0 Å². The maximum atomic E-state index is 13.0. The smallest absolute Gasteiger partial charge is 0.306 e. The Balaban J connectivity index is 4.28. The highest BCUT2D eigenvalue weighted by molar-refractivity contribution is 5.71. The lowest BCUT2D eigenvalue weighted by molar-refractivity contribution is -0.167. The summed E-state index contributed by atoms with van der Waals surface area (Å²) in [4.78, 5) is 38.5. The third-order valence-corrected chi connectivity index (χ3v) is 15.9. The van der Waals surface area contributed by atoms with E-state index in [-0.39, 0.29) is 31.1 Å². The topological polar surface area (TPSA) is 78.9 Å². The van der Waals surface area contributed by atoms with Gasteiger partial charge < -0.3 is 14.2 Å². The number of carbonyl (C=O) groups is 3. The van der Waals surface area contributed by atoms with Crippen molar-refractivity contribution >= 4 is 17.9 Å². The first-order valence-corrected chi connectivity index (χ1v) is 36.1. The highest BCUT2D eigenvalue weighted by atomic mass is 16.6. The zero-order valence-corrected chi connectivity index (χ0v) is 55.2. The Morgan fingerprint density at radius 1 is 0.253 bits per heavy atom. The van der Waals surface area contributed by atoms with Crippen molar-refractivity contribution in [3.05, 3.63) is 85.1 Å². The molecule has 83 heavy (non-hydrogen) atoms. The van der Waals surface area contributed by atoms with Crippen LogP contribution in [0.4, 0.5) is 0 Å². The van der Waals surface area contributed by atoms with Gasteiger partial charge in [0, 0.05) is 19.3 Å². The van der Waals surface area contributed by atoms with Crippen molar-refractivity contribution in [2.75, 3.05) is 13.2 Å². The van der Waals surface area contributed by atoms with Gasteiger partial charge in [-0.3, -0.25) is 14.4 Å². The number of ether oxygens (including phenoxy) is 3. The highest BCUT2D eigenvalue weighted by Crippen LogP contribution is 2.17. The van der Waals surface area contributed by atoms with Gasteiger partial charge in [0.1, 0.15) is 13.2 Å². The lowest BCUT2D eigenvalue weighted by Crippen LogP contribution is -2.30. The van der Waals surface area contributed by atoms with Crippen molar-refractivity contribution in [3.63, 3.8) is 0 Å². The summed E-state index contributed by atoms with van der Waals surface area (Å²) in [5.41, 5.74) is 0. The third kappa shape index (κ3) is 69.3. The second-order valence-electron chi connectivity index (χ2n) is 24.1. The maximum absolute atomic E-state index is 13.0. The van der Waals surface area contributed by atoms with Crippen molar-refractivity contribution in [1.29, 1.82) is 0 Å². The van der Waals surface area contributed by atoms with Crippen LogP contribution in [0, 0.1) is 0 Å². The Hall–Kier alpha value is -3.41. The number of carbonyl (C=O) groups excluding carboxylic acids is 3. The minimum atomic E-state index is -0.793. The summed E-state index contributed by atoms with van der Waals surface area (Å²) in [5.74, 6) is -0.898. The van der Waals surface area contributed by atoms with Crippen molar-refractivity contribution in [2.45, 2.75) is 374 Å². The molecular weight excluding hydrogens is 1020 g/mol. The van der Waals surface area contributed by atoms with Crippen molar-refractivity contribution in [2.24, 2.45) is 0 Å². The van der Waals surface area contributed by atoms with E-state index in [9.17, 15) is 14.4 Å². The fourth-order valence-electron chi connectivity index (χ4n) is 10.5. The normalized spacial score (nSPS) is 12.6. The molecule has 0 heterocycles. The highest BCUT2D eigenvalue weighted by Gasteiger charge is 2.19. The SMILES string of the molecule is CC/C=C\C/C=C\C/C=C\CCCCCCCC(=O)OCC(COC(=O)CCCCCCCCCCCCCCCCCCC/C=C\CCCCCCCCCC)OC(=O)CCCCCCCC/C=C\C/C=C\C/C=C\CCCCCCC. The molecule has 0 aromatic rings. The first kappa shape index (κ1) is 79.6. The third-order valence-electron chi connectivity index (χ3n) is 15.9. The van der Waals surface area contributed by atoms with E-state index < -0.39 is 6.10 Å². The van der Waals surface area contributed by atoms with Crippen LogP contribution in [-0.4, -0.2) is 37.2 Å². The summed E-state index contributed by atoms with van der Waals surface area (Å²) in [5, 5.41) is 0. The lowest BCUT2D eigenvalue weighted by Gasteiger charge is -2.18. The number of rotatable bonds is 66. The largest absolute Gasteiger partial charge is 0.462 e. The predicted octanol–water partition coefficient (Wildman–Crippen LogP) is 25.0. The monoisotopic (exact) mass is 1160 g/mol. The Kier molecular flexibility index (Phi) is 68.2. The second kappa shape index (κ2) is 71.1. The van der Waals surface area contributed by atoms with Crippen LogP contribution in [0.1, 0.15) is 367 Å². The molecule has 1 unspecified atom stereocenters. The van der Waals surface area contributed by atoms with Crippen LogP contribution in [0.25, 0.3) is 0 Å². The molecule has 0 N–H and O–H groups in total. The summed E-state index contributed by atoms with van der Waals surface area (Å²) in [7, 11) is 0. The lowest BCUT2D eigenvalue weighted by atomic mass is 10.0. The molecule has 0 saturated heterocycles. The quantitative estimate of drug-likeness (QED) is 0.0261. The molecule has 0 radical (unpaired) electrons. The number of unbranched alkanes of at least 4 members (excludes halogenated alkanes) is 41. The summed E-state index contributed by atoms with van der Waals surface area (Å²) >= 11 is 0. The average molecular weight is 1160 g/mol. The zero-order valence-electron chi connectivity index (χ0n) is 55.2. The van der Waals surface area contributed by atoms with Gasteiger partial charge in [-0.15, -0.1) is 0 Å². The van der Waals surface area contributed by atoms with Gasteiger partial charge in [0.15, 0.2) is 6.10 Å². The van der Waals surface area contributed by atoms with E-state index >= 15 is 0 Å². The van der Waals surface area contributed by atoms with Gasteiger partial charge in [-0.25, -0.2) is 0 Å². The first-order valence-electron chi connectivity index (χ1n) is 36.1. The van der Waals surface area contributed by atoms with Crippen molar-refractivity contribution < 1.29 is 28.6 Å². The minimum Gasteiger partial charge on any atom is -0.462 e. The summed E-state index contributed by atoms with van der Waals surface area (Å²) in [6, 6.07) is 0. The maximum Gasteiger partial charge on any atom is 0.306 e. The van der Waals surface area contributed by atoms with Gasteiger partial charge >= 0.3 is 17.9 Å². The number of allylic oxidation sites excluding steroid dienone is 14. The molecule has 0 spiro atoms. The standard InChI is InChI=1S/C77H136O6/c1-4-7-10-13-16-19-22-25-28-30-32-34-35-36-37-38-39-40-41-43-44-46-49-52-55-58-61-64-67-70-76(79)82-73-74(72-81-75(78)69-66-63-60-57-54-51-48-27-24-21-18-15-12-9-6-3)83-77(80)71-68-65-62-59-56-53-50-47-45-42-33-31-29-26-23-20-17-14-11-8-5-2/h9,12,18,21,23,26-27,30-33,45,47-48,74H,4-8,10-11,13-17,19-20,22,24-25,28-29,34-44,46,49-73H2,1-3H3/b12-9-,21-18-,26-23-,32-30-,33-31-,47-45-,48-27-. The molecule has 0 aliphatic carbocycles. The van der Waals surface area contributed by atoms with Gasteiger partial charge in [0.2, 0.25) is 0 Å². The van der Waals surface area contributed by atoms with Gasteiger partial charge in [0.05, 0.1) is 0 Å². The van der Waals surface area contributed by atoms with Crippen LogP contribution < -0.4 is 0 Å². The number of hydrogen-bond acceptors (Lipinski definition) is 6. The zero-order chi connectivity index (χ0) is 59.9. The van der Waals surface area contributed by atoms with E-state index in [0.717, 1.165) is 122 Å². The molecule has 0 aliphatic rings. The van der Waals surface area contributed by atoms with E-state index in [1.54, 1.807) is 0 Å². The van der Waals surface area contributed by atoms with Gasteiger partial charge in [-0.1, -0.05) is 318 Å². The van der Waals surface area contributed by atoms with Gasteiger partial charge in [-0.05, 0) is 116 Å². The fourth-order valence-corrected chi connectivity index (χ4v) is 10.5. The molecule has 0 saturated carbocycles. The molecular formula is C77H136O6. The van der Waals surface area contributed by atoms with E-state index in [1.807, 2.05) is 0 Å². The van der Waals surface area contributed by atoms with E-state index in [0.29, 0.717) is 19.3 Å². The Morgan fingerprint density at radius 2 is 0.470 bits per heavy atom. The van der Waals surface area contributed by atoms with Gasteiger partial charge in [0.25, 0.3) is 0 Å². The fraction of sp³-hybridized carbons (Fsp3) is 0.779. The Bertz CT molecular complexity index is 1570.